The number of aromatic nitrogens is 4. The zero-order valence-electron chi connectivity index (χ0n) is 12.5. The van der Waals surface area contributed by atoms with Crippen LogP contribution in [-0.4, -0.2) is 26.0 Å². The SMILES string of the molecule is Cc1ccc(-n2nnnc2SC[C@H](C#N)CCC#N)c(C)c1. The Morgan fingerprint density at radius 3 is 2.82 bits per heavy atom. The lowest BCUT2D eigenvalue weighted by Crippen LogP contribution is -2.05. The lowest BCUT2D eigenvalue weighted by atomic mass is 10.1. The van der Waals surface area contributed by atoms with Gasteiger partial charge >= 0.3 is 0 Å². The number of aryl methyl sites for hydroxylation is 2. The summed E-state index contributed by atoms with van der Waals surface area (Å²) in [6.45, 7) is 4.06. The van der Waals surface area contributed by atoms with Crippen molar-refractivity contribution in [3.63, 3.8) is 0 Å². The molecule has 22 heavy (non-hydrogen) atoms. The third-order valence-corrected chi connectivity index (χ3v) is 4.30. The van der Waals surface area contributed by atoms with Gasteiger partial charge in [0, 0.05) is 12.2 Å². The van der Waals surface area contributed by atoms with Crippen LogP contribution in [-0.2, 0) is 0 Å². The van der Waals surface area contributed by atoms with E-state index in [0.717, 1.165) is 11.3 Å². The van der Waals surface area contributed by atoms with Crippen molar-refractivity contribution in [2.75, 3.05) is 5.75 Å². The molecule has 0 radical (unpaired) electrons. The van der Waals surface area contributed by atoms with E-state index in [-0.39, 0.29) is 5.92 Å². The molecule has 1 heterocycles. The minimum absolute atomic E-state index is 0.172. The van der Waals surface area contributed by atoms with Crippen molar-refractivity contribution < 1.29 is 0 Å². The summed E-state index contributed by atoms with van der Waals surface area (Å²) in [6.07, 6.45) is 0.964. The van der Waals surface area contributed by atoms with Gasteiger partial charge in [-0.1, -0.05) is 29.5 Å². The molecule has 0 fully saturated rings. The molecule has 0 bridgehead atoms. The Kier molecular flexibility index (Phi) is 5.51. The molecule has 0 N–H and O–H groups in total. The highest BCUT2D eigenvalue weighted by Gasteiger charge is 2.14. The fraction of sp³-hybridized carbons (Fsp3) is 0.400. The van der Waals surface area contributed by atoms with E-state index in [0.29, 0.717) is 23.8 Å². The first kappa shape index (κ1) is 16.0. The molecule has 7 heteroatoms. The summed E-state index contributed by atoms with van der Waals surface area (Å²) < 4.78 is 1.69. The maximum absolute atomic E-state index is 9.11. The first-order valence-electron chi connectivity index (χ1n) is 6.91. The Morgan fingerprint density at radius 1 is 1.32 bits per heavy atom. The van der Waals surface area contributed by atoms with Crippen LogP contribution >= 0.6 is 11.8 Å². The predicted octanol–water partition coefficient (Wildman–Crippen LogP) is 2.81. The van der Waals surface area contributed by atoms with Gasteiger partial charge in [-0.05, 0) is 42.3 Å². The van der Waals surface area contributed by atoms with Crippen LogP contribution in [0.3, 0.4) is 0 Å². The monoisotopic (exact) mass is 312 g/mol. The number of nitriles is 2. The van der Waals surface area contributed by atoms with E-state index in [1.165, 1.54) is 17.3 Å². The highest BCUT2D eigenvalue weighted by molar-refractivity contribution is 7.99. The quantitative estimate of drug-likeness (QED) is 0.762. The summed E-state index contributed by atoms with van der Waals surface area (Å²) in [5, 5.41) is 30.2. The van der Waals surface area contributed by atoms with Crippen molar-refractivity contribution in [3.8, 4) is 17.8 Å². The van der Waals surface area contributed by atoms with Gasteiger partial charge in [0.2, 0.25) is 5.16 Å². The molecule has 0 aliphatic heterocycles. The highest BCUT2D eigenvalue weighted by Crippen LogP contribution is 2.24. The number of benzene rings is 1. The number of thioether (sulfide) groups is 1. The van der Waals surface area contributed by atoms with Crippen molar-refractivity contribution in [1.29, 1.82) is 10.5 Å². The zero-order valence-corrected chi connectivity index (χ0v) is 13.3. The summed E-state index contributed by atoms with van der Waals surface area (Å²) in [6, 6.07) is 10.4. The second-order valence-electron chi connectivity index (χ2n) is 5.00. The van der Waals surface area contributed by atoms with E-state index in [2.05, 4.69) is 33.7 Å². The Hall–Kier alpha value is -2.38. The van der Waals surface area contributed by atoms with Gasteiger partial charge in [-0.3, -0.25) is 0 Å². The Morgan fingerprint density at radius 2 is 2.14 bits per heavy atom. The second-order valence-corrected chi connectivity index (χ2v) is 5.98. The summed E-state index contributed by atoms with van der Waals surface area (Å²) in [5.74, 6) is 0.401. The molecule has 0 aliphatic carbocycles. The van der Waals surface area contributed by atoms with Gasteiger partial charge in [-0.2, -0.15) is 15.2 Å². The van der Waals surface area contributed by atoms with E-state index in [1.807, 2.05) is 26.0 Å². The van der Waals surface area contributed by atoms with Crippen LogP contribution < -0.4 is 0 Å². The molecular formula is C15H16N6S. The van der Waals surface area contributed by atoms with Gasteiger partial charge < -0.3 is 0 Å². The maximum Gasteiger partial charge on any atom is 0.214 e. The molecule has 0 unspecified atom stereocenters. The first-order chi connectivity index (χ1) is 10.7. The van der Waals surface area contributed by atoms with E-state index >= 15 is 0 Å². The molecule has 1 aromatic carbocycles. The predicted molar refractivity (Wildman–Crippen MR) is 83.3 cm³/mol. The Balaban J connectivity index is 2.13. The van der Waals surface area contributed by atoms with Crippen LogP contribution in [0.4, 0.5) is 0 Å². The smallest absolute Gasteiger partial charge is 0.198 e. The summed E-state index contributed by atoms with van der Waals surface area (Å²) in [7, 11) is 0. The number of hydrogen-bond acceptors (Lipinski definition) is 6. The third-order valence-electron chi connectivity index (χ3n) is 3.22. The van der Waals surface area contributed by atoms with Crippen LogP contribution in [0.15, 0.2) is 23.4 Å². The van der Waals surface area contributed by atoms with Gasteiger partial charge in [0.1, 0.15) is 0 Å². The van der Waals surface area contributed by atoms with Gasteiger partial charge in [0.15, 0.2) is 0 Å². The third kappa shape index (κ3) is 3.84. The standard InChI is InChI=1S/C15H16N6S/c1-11-5-6-14(12(2)8-11)21-15(18-19-20-21)22-10-13(9-17)4-3-7-16/h5-6,8,13H,3-4,10H2,1-2H3/t13-/m0/s1. The number of nitrogens with zero attached hydrogens (tertiary/aromatic N) is 6. The lowest BCUT2D eigenvalue weighted by molar-refractivity contribution is 0.682. The molecule has 112 valence electrons. The van der Waals surface area contributed by atoms with Crippen LogP contribution in [0.25, 0.3) is 5.69 Å². The second kappa shape index (κ2) is 7.58. The molecule has 2 rings (SSSR count). The molecule has 0 spiro atoms. The molecule has 2 aromatic rings. The lowest BCUT2D eigenvalue weighted by Gasteiger charge is -2.09. The number of rotatable bonds is 6. The molecule has 1 atom stereocenters. The van der Waals surface area contributed by atoms with Crippen molar-refractivity contribution >= 4 is 11.8 Å². The van der Waals surface area contributed by atoms with Crippen molar-refractivity contribution in [2.24, 2.45) is 5.92 Å². The van der Waals surface area contributed by atoms with Crippen molar-refractivity contribution in [2.45, 2.75) is 31.8 Å². The Bertz CT molecular complexity index is 724. The number of hydrogen-bond donors (Lipinski definition) is 0. The van der Waals surface area contributed by atoms with E-state index in [4.69, 9.17) is 10.5 Å². The Labute approximate surface area is 133 Å². The van der Waals surface area contributed by atoms with Crippen LogP contribution in [0.2, 0.25) is 0 Å². The molecule has 6 nitrogen and oxygen atoms in total. The molecule has 0 aliphatic rings. The average molecular weight is 312 g/mol. The van der Waals surface area contributed by atoms with Gasteiger partial charge in [-0.15, -0.1) is 5.10 Å². The largest absolute Gasteiger partial charge is 0.214 e. The van der Waals surface area contributed by atoms with E-state index < -0.39 is 0 Å². The van der Waals surface area contributed by atoms with Crippen LogP contribution in [0.5, 0.6) is 0 Å². The van der Waals surface area contributed by atoms with E-state index in [1.54, 1.807) is 4.68 Å². The van der Waals surface area contributed by atoms with Crippen LogP contribution in [0, 0.1) is 42.4 Å². The molecule has 0 saturated heterocycles. The van der Waals surface area contributed by atoms with Gasteiger partial charge in [-0.25, -0.2) is 0 Å². The van der Waals surface area contributed by atoms with Crippen LogP contribution in [0.1, 0.15) is 24.0 Å². The fourth-order valence-electron chi connectivity index (χ4n) is 2.06. The summed E-state index contributed by atoms with van der Waals surface area (Å²) >= 11 is 1.44. The molecule has 1 aromatic heterocycles. The minimum Gasteiger partial charge on any atom is -0.198 e. The molecule has 0 saturated carbocycles. The van der Waals surface area contributed by atoms with E-state index in [9.17, 15) is 0 Å². The average Bonchev–Trinajstić information content (AvgIpc) is 2.96. The highest BCUT2D eigenvalue weighted by atomic mass is 32.2. The van der Waals surface area contributed by atoms with Crippen molar-refractivity contribution in [1.82, 2.24) is 20.2 Å². The summed E-state index contributed by atoms with van der Waals surface area (Å²) in [5.41, 5.74) is 3.21. The first-order valence-corrected chi connectivity index (χ1v) is 7.89. The van der Waals surface area contributed by atoms with Crippen molar-refractivity contribution in [3.05, 3.63) is 29.3 Å². The summed E-state index contributed by atoms with van der Waals surface area (Å²) in [4.78, 5) is 0. The molecule has 0 amide bonds. The maximum atomic E-state index is 9.11. The fourth-order valence-corrected chi connectivity index (χ4v) is 3.01. The normalized spacial score (nSPS) is 11.6. The zero-order chi connectivity index (χ0) is 15.9. The minimum atomic E-state index is -0.172. The topological polar surface area (TPSA) is 91.2 Å². The van der Waals surface area contributed by atoms with Gasteiger partial charge in [0.05, 0.1) is 23.7 Å². The number of tetrazole rings is 1. The molecular weight excluding hydrogens is 296 g/mol. The van der Waals surface area contributed by atoms with Gasteiger partial charge in [0.25, 0.3) is 0 Å².